The van der Waals surface area contributed by atoms with Crippen molar-refractivity contribution in [3.63, 3.8) is 0 Å². The Labute approximate surface area is 188 Å². The zero-order valence-corrected chi connectivity index (χ0v) is 19.4. The van der Waals surface area contributed by atoms with Gasteiger partial charge < -0.3 is 9.30 Å². The molecule has 0 atom stereocenters. The summed E-state index contributed by atoms with van der Waals surface area (Å²) in [6, 6.07) is 7.20. The van der Waals surface area contributed by atoms with Gasteiger partial charge in [0.1, 0.15) is 11.6 Å². The third kappa shape index (κ3) is 4.30. The molecule has 0 unspecified atom stereocenters. The Morgan fingerprint density at radius 3 is 2.32 bits per heavy atom. The number of nitrogens with zero attached hydrogens (tertiary/aromatic N) is 5. The lowest BCUT2D eigenvalue weighted by atomic mass is 10.3. The number of ether oxygens (including phenoxy) is 1. The molecule has 0 amide bonds. The second-order valence-corrected chi connectivity index (χ2v) is 10.9. The van der Waals surface area contributed by atoms with Crippen molar-refractivity contribution in [2.24, 2.45) is 0 Å². The Morgan fingerprint density at radius 1 is 1.06 bits per heavy atom. The Kier molecular flexibility index (Phi) is 5.66. The van der Waals surface area contributed by atoms with E-state index in [2.05, 4.69) is 9.47 Å². The molecule has 0 N–H and O–H groups in total. The molecule has 5 rings (SSSR count). The Bertz CT molecular complexity index is 1090. The van der Waals surface area contributed by atoms with Gasteiger partial charge in [0.25, 0.3) is 0 Å². The summed E-state index contributed by atoms with van der Waals surface area (Å²) in [7, 11) is -3.50. The first-order valence-electron chi connectivity index (χ1n) is 11.1. The van der Waals surface area contributed by atoms with Gasteiger partial charge in [-0.15, -0.1) is 0 Å². The summed E-state index contributed by atoms with van der Waals surface area (Å²) in [4.78, 5) is 2.55. The third-order valence-corrected chi connectivity index (χ3v) is 8.51. The first-order valence-corrected chi connectivity index (χ1v) is 13.0. The minimum atomic E-state index is -3.50. The maximum absolute atomic E-state index is 13.0. The van der Waals surface area contributed by atoms with E-state index in [4.69, 9.17) is 22.1 Å². The second kappa shape index (κ2) is 8.31. The lowest BCUT2D eigenvalue weighted by molar-refractivity contribution is 0.144. The van der Waals surface area contributed by atoms with Crippen molar-refractivity contribution < 1.29 is 13.2 Å². The number of sulfonamides is 1. The van der Waals surface area contributed by atoms with Crippen LogP contribution >= 0.6 is 12.2 Å². The number of rotatable bonds is 8. The molecule has 10 heteroatoms. The molecule has 0 spiro atoms. The number of hydrogen-bond acceptors (Lipinski definition) is 6. The minimum absolute atomic E-state index is 0.309. The molecular formula is C21H29N5O3S2. The molecule has 2 saturated carbocycles. The van der Waals surface area contributed by atoms with E-state index in [1.54, 1.807) is 28.6 Å². The highest BCUT2D eigenvalue weighted by Gasteiger charge is 2.36. The Morgan fingerprint density at radius 2 is 1.74 bits per heavy atom. The van der Waals surface area contributed by atoms with Gasteiger partial charge in [0.15, 0.2) is 4.77 Å². The predicted octanol–water partition coefficient (Wildman–Crippen LogP) is 2.99. The van der Waals surface area contributed by atoms with E-state index in [1.165, 1.54) is 25.7 Å². The zero-order valence-electron chi connectivity index (χ0n) is 17.8. The molecule has 8 nitrogen and oxygen atoms in total. The van der Waals surface area contributed by atoms with Gasteiger partial charge in [0, 0.05) is 38.1 Å². The van der Waals surface area contributed by atoms with E-state index in [9.17, 15) is 8.42 Å². The van der Waals surface area contributed by atoms with Gasteiger partial charge in [0.2, 0.25) is 10.0 Å². The molecule has 31 heavy (non-hydrogen) atoms. The summed E-state index contributed by atoms with van der Waals surface area (Å²) in [5.74, 6) is 2.41. The lowest BCUT2D eigenvalue weighted by Gasteiger charge is -2.33. The maximum Gasteiger partial charge on any atom is 0.243 e. The predicted molar refractivity (Wildman–Crippen MR) is 119 cm³/mol. The summed E-state index contributed by atoms with van der Waals surface area (Å²) in [6.45, 7) is 5.32. The Hall–Kier alpha value is -1.75. The summed E-state index contributed by atoms with van der Waals surface area (Å²) in [5.41, 5.74) is 0. The van der Waals surface area contributed by atoms with Crippen LogP contribution in [0.15, 0.2) is 29.2 Å². The van der Waals surface area contributed by atoms with Gasteiger partial charge in [0.05, 0.1) is 18.2 Å². The largest absolute Gasteiger partial charge is 0.494 e. The molecule has 0 bridgehead atoms. The topological polar surface area (TPSA) is 72.6 Å². The summed E-state index contributed by atoms with van der Waals surface area (Å²) >= 11 is 5.74. The van der Waals surface area contributed by atoms with Crippen LogP contribution in [-0.4, -0.2) is 64.8 Å². The van der Waals surface area contributed by atoms with Gasteiger partial charge >= 0.3 is 0 Å². The molecule has 2 aromatic rings. The van der Waals surface area contributed by atoms with Gasteiger partial charge in [-0.3, -0.25) is 4.90 Å². The van der Waals surface area contributed by atoms with E-state index >= 15 is 0 Å². The maximum atomic E-state index is 13.0. The van der Waals surface area contributed by atoms with Crippen molar-refractivity contribution in [1.29, 1.82) is 0 Å². The second-order valence-electron chi connectivity index (χ2n) is 8.58. The van der Waals surface area contributed by atoms with E-state index in [0.29, 0.717) is 62.1 Å². The highest BCUT2D eigenvalue weighted by Crippen LogP contribution is 2.44. The average molecular weight is 464 g/mol. The molecule has 1 saturated heterocycles. The van der Waals surface area contributed by atoms with E-state index in [1.807, 2.05) is 11.6 Å². The van der Waals surface area contributed by atoms with Crippen molar-refractivity contribution in [2.45, 2.75) is 56.1 Å². The van der Waals surface area contributed by atoms with Crippen LogP contribution in [0.3, 0.4) is 0 Å². The smallest absolute Gasteiger partial charge is 0.243 e. The van der Waals surface area contributed by atoms with E-state index < -0.39 is 10.0 Å². The summed E-state index contributed by atoms with van der Waals surface area (Å²) in [5, 5.41) is 4.86. The number of aromatic nitrogens is 3. The van der Waals surface area contributed by atoms with Crippen molar-refractivity contribution in [3.8, 4) is 5.75 Å². The quantitative estimate of drug-likeness (QED) is 0.561. The normalized spacial score (nSPS) is 20.8. The molecule has 3 fully saturated rings. The van der Waals surface area contributed by atoms with Crippen LogP contribution in [0, 0.1) is 4.77 Å². The van der Waals surface area contributed by atoms with Crippen LogP contribution in [0.25, 0.3) is 0 Å². The fourth-order valence-electron chi connectivity index (χ4n) is 4.15. The molecular weight excluding hydrogens is 434 g/mol. The monoisotopic (exact) mass is 463 g/mol. The van der Waals surface area contributed by atoms with E-state index in [0.717, 1.165) is 10.6 Å². The first kappa shape index (κ1) is 21.1. The number of hydrogen-bond donors (Lipinski definition) is 0. The van der Waals surface area contributed by atoms with Crippen molar-refractivity contribution in [2.75, 3.05) is 32.8 Å². The molecule has 2 heterocycles. The van der Waals surface area contributed by atoms with Gasteiger partial charge in [-0.25, -0.2) is 13.1 Å². The lowest BCUT2D eigenvalue weighted by Crippen LogP contribution is -2.48. The molecule has 3 aliphatic rings. The van der Waals surface area contributed by atoms with Crippen LogP contribution in [0.2, 0.25) is 0 Å². The van der Waals surface area contributed by atoms with Crippen LogP contribution in [0.1, 0.15) is 50.4 Å². The molecule has 0 radical (unpaired) electrons. The third-order valence-electron chi connectivity index (χ3n) is 6.19. The number of benzene rings is 1. The summed E-state index contributed by atoms with van der Waals surface area (Å²) < 4.78 is 38.0. The Balaban J connectivity index is 1.23. The molecule has 168 valence electrons. The molecule has 2 aliphatic carbocycles. The minimum Gasteiger partial charge on any atom is -0.494 e. The van der Waals surface area contributed by atoms with Gasteiger partial charge in [-0.05, 0) is 69.1 Å². The summed E-state index contributed by atoms with van der Waals surface area (Å²) in [6.07, 6.45) is 4.81. The fourth-order valence-corrected chi connectivity index (χ4v) is 5.91. The molecule has 1 aromatic heterocycles. The van der Waals surface area contributed by atoms with Crippen LogP contribution in [0.5, 0.6) is 5.75 Å². The SMILES string of the molecule is CCOc1ccc(S(=O)(=O)N2CCN(Cn3nc(C4CC4)n(C4CC4)c3=S)CC2)cc1. The molecule has 1 aliphatic heterocycles. The van der Waals surface area contributed by atoms with Crippen molar-refractivity contribution in [3.05, 3.63) is 34.9 Å². The first-order chi connectivity index (χ1) is 15.0. The average Bonchev–Trinajstić information content (AvgIpc) is 3.68. The highest BCUT2D eigenvalue weighted by molar-refractivity contribution is 7.89. The van der Waals surface area contributed by atoms with Gasteiger partial charge in [-0.1, -0.05) is 0 Å². The van der Waals surface area contributed by atoms with Crippen molar-refractivity contribution >= 4 is 22.2 Å². The van der Waals surface area contributed by atoms with E-state index in [-0.39, 0.29) is 0 Å². The van der Waals surface area contributed by atoms with Crippen LogP contribution in [0.4, 0.5) is 0 Å². The number of piperazine rings is 1. The van der Waals surface area contributed by atoms with Crippen LogP contribution in [-0.2, 0) is 16.7 Å². The van der Waals surface area contributed by atoms with Crippen LogP contribution < -0.4 is 4.74 Å². The molecule has 1 aromatic carbocycles. The zero-order chi connectivity index (χ0) is 21.6. The van der Waals surface area contributed by atoms with Crippen molar-refractivity contribution in [1.82, 2.24) is 23.6 Å². The standard InChI is InChI=1S/C21H29N5O3S2/c1-2-29-18-7-9-19(10-8-18)31(27,28)24-13-11-23(12-14-24)15-25-21(30)26(17-5-6-17)20(22-25)16-3-4-16/h7-10,16-17H,2-6,11-15H2,1H3. The highest BCUT2D eigenvalue weighted by atomic mass is 32.2. The fraction of sp³-hybridized carbons (Fsp3) is 0.619. The van der Waals surface area contributed by atoms with Gasteiger partial charge in [-0.2, -0.15) is 9.40 Å².